The topological polar surface area (TPSA) is 71.3 Å². The number of aromatic nitrogens is 3. The Kier molecular flexibility index (Phi) is 7.11. The summed E-state index contributed by atoms with van der Waals surface area (Å²) in [7, 11) is 0. The first kappa shape index (κ1) is 24.7. The van der Waals surface area contributed by atoms with E-state index in [1.165, 1.54) is 17.0 Å². The quantitative estimate of drug-likeness (QED) is 0.415. The molecule has 0 aliphatic carbocycles. The molecule has 1 aromatic carbocycles. The van der Waals surface area contributed by atoms with Crippen molar-refractivity contribution in [1.82, 2.24) is 19.7 Å². The van der Waals surface area contributed by atoms with E-state index in [0.29, 0.717) is 36.4 Å². The van der Waals surface area contributed by atoms with E-state index < -0.39 is 11.7 Å². The van der Waals surface area contributed by atoms with Crippen molar-refractivity contribution in [2.75, 3.05) is 18.0 Å². The Bertz CT molecular complexity index is 1200. The summed E-state index contributed by atoms with van der Waals surface area (Å²) in [5.41, 5.74) is 1.08. The smallest absolute Gasteiger partial charge is 0.337 e. The van der Waals surface area contributed by atoms with Gasteiger partial charge >= 0.3 is 6.18 Å². The molecule has 2 amide bonds. The van der Waals surface area contributed by atoms with Gasteiger partial charge in [-0.05, 0) is 43.2 Å². The van der Waals surface area contributed by atoms with Gasteiger partial charge in [-0.15, -0.1) is 0 Å². The molecule has 35 heavy (non-hydrogen) atoms. The Morgan fingerprint density at radius 3 is 2.57 bits per heavy atom. The van der Waals surface area contributed by atoms with Crippen molar-refractivity contribution < 1.29 is 22.8 Å². The second-order valence-electron chi connectivity index (χ2n) is 8.25. The molecule has 0 spiro atoms. The molecule has 1 aliphatic heterocycles. The number of likely N-dealkylation sites (tertiary alicyclic amines) is 1. The van der Waals surface area contributed by atoms with Gasteiger partial charge in [-0.2, -0.15) is 18.3 Å². The monoisotopic (exact) mass is 505 g/mol. The molecule has 0 N–H and O–H groups in total. The van der Waals surface area contributed by atoms with Gasteiger partial charge in [0, 0.05) is 32.3 Å². The summed E-state index contributed by atoms with van der Waals surface area (Å²) in [5, 5.41) is 4.45. The van der Waals surface area contributed by atoms with E-state index in [9.17, 15) is 22.8 Å². The fourth-order valence-electron chi connectivity index (χ4n) is 4.02. The first-order valence-electron chi connectivity index (χ1n) is 11.1. The van der Waals surface area contributed by atoms with Crippen molar-refractivity contribution in [1.29, 1.82) is 0 Å². The number of alkyl halides is 3. The Labute approximate surface area is 205 Å². The number of β-lactam (4-membered cyclic amide) rings is 1. The van der Waals surface area contributed by atoms with Crippen LogP contribution < -0.4 is 4.90 Å². The normalized spacial score (nSPS) is 15.7. The molecule has 0 saturated carbocycles. The van der Waals surface area contributed by atoms with Crippen LogP contribution in [0, 0.1) is 5.92 Å². The fourth-order valence-corrected chi connectivity index (χ4v) is 4.25. The van der Waals surface area contributed by atoms with Gasteiger partial charge < -0.3 is 9.80 Å². The predicted octanol–water partition coefficient (Wildman–Crippen LogP) is 4.73. The van der Waals surface area contributed by atoms with Crippen molar-refractivity contribution in [3.05, 3.63) is 71.3 Å². The predicted molar refractivity (Wildman–Crippen MR) is 124 cm³/mol. The average molecular weight is 506 g/mol. The summed E-state index contributed by atoms with van der Waals surface area (Å²) in [6, 6.07) is 8.36. The lowest BCUT2D eigenvalue weighted by Crippen LogP contribution is -2.52. The van der Waals surface area contributed by atoms with Crippen LogP contribution in [0.3, 0.4) is 0 Å². The van der Waals surface area contributed by atoms with Gasteiger partial charge in [0.15, 0.2) is 5.15 Å². The largest absolute Gasteiger partial charge is 0.416 e. The number of hydrogen-bond acceptors (Lipinski definition) is 4. The molecule has 1 atom stereocenters. The molecule has 2 aromatic heterocycles. The number of amides is 2. The number of benzene rings is 1. The van der Waals surface area contributed by atoms with Gasteiger partial charge in [-0.3, -0.25) is 14.6 Å². The maximum absolute atomic E-state index is 12.9. The molecular weight excluding hydrogens is 483 g/mol. The van der Waals surface area contributed by atoms with Crippen molar-refractivity contribution in [3.8, 4) is 5.69 Å². The Morgan fingerprint density at radius 1 is 1.23 bits per heavy atom. The summed E-state index contributed by atoms with van der Waals surface area (Å²) < 4.78 is 39.7. The van der Waals surface area contributed by atoms with Crippen molar-refractivity contribution in [2.45, 2.75) is 32.5 Å². The second kappa shape index (κ2) is 10.1. The fraction of sp³-hybridized carbons (Fsp3) is 0.333. The summed E-state index contributed by atoms with van der Waals surface area (Å²) >= 11 is 6.30. The average Bonchev–Trinajstić information content (AvgIpc) is 3.22. The standard InChI is InChI=1S/C24H23ClF3N5O2/c1-2-32(20-15-33(30-22(20)25)19-4-3-11-29-12-19)21(34)10-7-17-14-31(23(17)35)13-16-5-8-18(9-6-16)24(26,27)28/h3-6,8-9,11-12,15,17H,2,7,10,13-14H2,1H3. The molecule has 3 aromatic rings. The molecule has 0 radical (unpaired) electrons. The number of rotatable bonds is 8. The van der Waals surface area contributed by atoms with Crippen molar-refractivity contribution in [3.63, 3.8) is 0 Å². The van der Waals surface area contributed by atoms with Crippen molar-refractivity contribution >= 4 is 29.1 Å². The molecule has 3 heterocycles. The molecule has 7 nitrogen and oxygen atoms in total. The van der Waals surface area contributed by atoms with Crippen LogP contribution in [0.25, 0.3) is 5.69 Å². The summed E-state index contributed by atoms with van der Waals surface area (Å²) in [6.07, 6.45) is 1.09. The van der Waals surface area contributed by atoms with Crippen LogP contribution in [0.4, 0.5) is 18.9 Å². The van der Waals surface area contributed by atoms with E-state index in [0.717, 1.165) is 12.1 Å². The Balaban J connectivity index is 1.31. The number of carbonyl (C=O) groups is 2. The number of anilines is 1. The Morgan fingerprint density at radius 2 is 1.97 bits per heavy atom. The van der Waals surface area contributed by atoms with Gasteiger partial charge in [0.25, 0.3) is 0 Å². The van der Waals surface area contributed by atoms with Gasteiger partial charge in [-0.25, -0.2) is 4.68 Å². The highest BCUT2D eigenvalue weighted by molar-refractivity contribution is 6.32. The third-order valence-electron chi connectivity index (χ3n) is 5.93. The minimum absolute atomic E-state index is 0.108. The number of hydrogen-bond donors (Lipinski definition) is 0. The van der Waals surface area contributed by atoms with Crippen LogP contribution in [-0.2, 0) is 22.3 Å². The summed E-state index contributed by atoms with van der Waals surface area (Å²) in [6.45, 7) is 2.91. The molecule has 4 rings (SSSR count). The maximum atomic E-state index is 12.9. The SMILES string of the molecule is CCN(C(=O)CCC1CN(Cc2ccc(C(F)(F)F)cc2)C1=O)c1cn(-c2cccnc2)nc1Cl. The zero-order chi connectivity index (χ0) is 25.2. The molecule has 1 unspecified atom stereocenters. The van der Waals surface area contributed by atoms with Crippen LogP contribution in [0.1, 0.15) is 30.9 Å². The van der Waals surface area contributed by atoms with E-state index in [-0.39, 0.29) is 35.9 Å². The highest BCUT2D eigenvalue weighted by Gasteiger charge is 2.37. The zero-order valence-electron chi connectivity index (χ0n) is 18.9. The second-order valence-corrected chi connectivity index (χ2v) is 8.61. The molecule has 1 fully saturated rings. The molecular formula is C24H23ClF3N5O2. The van der Waals surface area contributed by atoms with Gasteiger partial charge in [-0.1, -0.05) is 23.7 Å². The van der Waals surface area contributed by atoms with E-state index in [1.807, 2.05) is 13.0 Å². The zero-order valence-corrected chi connectivity index (χ0v) is 19.6. The number of nitrogens with zero attached hydrogens (tertiary/aromatic N) is 5. The summed E-state index contributed by atoms with van der Waals surface area (Å²) in [4.78, 5) is 32.6. The lowest BCUT2D eigenvalue weighted by atomic mass is 9.92. The highest BCUT2D eigenvalue weighted by Crippen LogP contribution is 2.31. The molecule has 1 aliphatic rings. The van der Waals surface area contributed by atoms with Gasteiger partial charge in [0.1, 0.15) is 5.69 Å². The molecule has 1 saturated heterocycles. The van der Waals surface area contributed by atoms with Gasteiger partial charge in [0.2, 0.25) is 11.8 Å². The van der Waals surface area contributed by atoms with E-state index in [4.69, 9.17) is 11.6 Å². The third-order valence-corrected chi connectivity index (χ3v) is 6.20. The van der Waals surface area contributed by atoms with Crippen LogP contribution in [0.15, 0.2) is 55.0 Å². The van der Waals surface area contributed by atoms with E-state index in [2.05, 4.69) is 10.1 Å². The van der Waals surface area contributed by atoms with E-state index >= 15 is 0 Å². The third kappa shape index (κ3) is 5.48. The maximum Gasteiger partial charge on any atom is 0.416 e. The molecule has 0 bridgehead atoms. The first-order chi connectivity index (χ1) is 16.7. The lowest BCUT2D eigenvalue weighted by Gasteiger charge is -2.38. The molecule has 184 valence electrons. The number of carbonyl (C=O) groups excluding carboxylic acids is 2. The van der Waals surface area contributed by atoms with Crippen molar-refractivity contribution in [2.24, 2.45) is 5.92 Å². The first-order valence-corrected chi connectivity index (χ1v) is 11.5. The minimum atomic E-state index is -4.39. The highest BCUT2D eigenvalue weighted by atomic mass is 35.5. The van der Waals surface area contributed by atoms with Crippen LogP contribution in [0.5, 0.6) is 0 Å². The number of pyridine rings is 1. The van der Waals surface area contributed by atoms with Crippen LogP contribution >= 0.6 is 11.6 Å². The minimum Gasteiger partial charge on any atom is -0.337 e. The summed E-state index contributed by atoms with van der Waals surface area (Å²) in [5.74, 6) is -0.571. The van der Waals surface area contributed by atoms with Crippen LogP contribution in [0.2, 0.25) is 5.15 Å². The lowest BCUT2D eigenvalue weighted by molar-refractivity contribution is -0.149. The van der Waals surface area contributed by atoms with Crippen LogP contribution in [-0.4, -0.2) is 44.6 Å². The Hall–Kier alpha value is -3.40. The van der Waals surface area contributed by atoms with E-state index in [1.54, 1.807) is 34.2 Å². The number of halogens is 4. The molecule has 11 heteroatoms. The van der Waals surface area contributed by atoms with Gasteiger partial charge in [0.05, 0.1) is 29.6 Å².